The van der Waals surface area contributed by atoms with E-state index in [4.69, 9.17) is 5.11 Å². The maximum atomic E-state index is 10.6. The summed E-state index contributed by atoms with van der Waals surface area (Å²) in [6, 6.07) is 0. The highest BCUT2D eigenvalue weighted by molar-refractivity contribution is 6.33. The van der Waals surface area contributed by atoms with Crippen molar-refractivity contribution in [3.63, 3.8) is 0 Å². The van der Waals surface area contributed by atoms with Crippen molar-refractivity contribution in [1.29, 1.82) is 0 Å². The zero-order valence-electron chi connectivity index (χ0n) is 4.50. The summed E-state index contributed by atoms with van der Waals surface area (Å²) in [5, 5.41) is 7.12. The largest absolute Gasteiger partial charge is 0.762 e. The van der Waals surface area contributed by atoms with Crippen molar-refractivity contribution in [2.24, 2.45) is 0 Å². The number of hydrogen-bond donors (Lipinski definition) is 1. The monoisotopic (exact) mass is 168 g/mol. The normalized spacial score (nSPS) is 9.90. The van der Waals surface area contributed by atoms with Crippen molar-refractivity contribution < 1.29 is 31.2 Å². The molecule has 0 fully saturated rings. The molecule has 0 spiro atoms. The van der Waals surface area contributed by atoms with E-state index in [9.17, 15) is 26.1 Å². The molecular formula is C2H3BF6O. The predicted octanol–water partition coefficient (Wildman–Crippen LogP) is 1.42. The summed E-state index contributed by atoms with van der Waals surface area (Å²) in [6.45, 7) is -2.01. The maximum absolute atomic E-state index is 10.6. The van der Waals surface area contributed by atoms with Gasteiger partial charge in [-0.05, 0) is 0 Å². The van der Waals surface area contributed by atoms with Gasteiger partial charge in [0.05, 0.1) is 0 Å². The standard InChI is InChI=1S/C2H3F3O.BF3/c3-1-2(4,5)6;2-1(3)4/h6H,1H2;. The Kier molecular flexibility index (Phi) is 6.63. The molecule has 0 aliphatic rings. The van der Waals surface area contributed by atoms with Gasteiger partial charge in [-0.1, -0.05) is 0 Å². The Hall–Kier alpha value is -0.395. The van der Waals surface area contributed by atoms with E-state index in [0.29, 0.717) is 0 Å². The van der Waals surface area contributed by atoms with Crippen LogP contribution in [0.2, 0.25) is 0 Å². The van der Waals surface area contributed by atoms with Crippen LogP contribution in [-0.2, 0) is 0 Å². The van der Waals surface area contributed by atoms with Gasteiger partial charge in [-0.15, -0.1) is 0 Å². The van der Waals surface area contributed by atoms with Crippen molar-refractivity contribution in [2.45, 2.75) is 6.11 Å². The molecule has 0 aromatic heterocycles. The van der Waals surface area contributed by atoms with Gasteiger partial charge in [-0.2, -0.15) is 8.78 Å². The van der Waals surface area contributed by atoms with E-state index in [-0.39, 0.29) is 0 Å². The molecule has 1 nitrogen and oxygen atoms in total. The van der Waals surface area contributed by atoms with E-state index in [1.807, 2.05) is 0 Å². The molecule has 10 heavy (non-hydrogen) atoms. The minimum atomic E-state index is -4.12. The summed E-state index contributed by atoms with van der Waals surface area (Å²) in [6.07, 6.45) is -4.12. The van der Waals surface area contributed by atoms with E-state index in [1.165, 1.54) is 0 Å². The summed E-state index contributed by atoms with van der Waals surface area (Å²) >= 11 is 0. The fourth-order valence-electron chi connectivity index (χ4n) is 0. The highest BCUT2D eigenvalue weighted by Crippen LogP contribution is 2.06. The lowest BCUT2D eigenvalue weighted by atomic mass is 10.5. The number of aliphatic hydroxyl groups is 1. The van der Waals surface area contributed by atoms with Gasteiger partial charge < -0.3 is 5.11 Å². The molecule has 0 aromatic rings. The number of hydrogen-bond acceptors (Lipinski definition) is 1. The highest BCUT2D eigenvalue weighted by atomic mass is 19.4. The lowest BCUT2D eigenvalue weighted by molar-refractivity contribution is -0.208. The average molecular weight is 168 g/mol. The first-order chi connectivity index (χ1) is 4.29. The van der Waals surface area contributed by atoms with Crippen molar-refractivity contribution in [3.05, 3.63) is 0 Å². The first kappa shape index (κ1) is 12.3. The molecular weight excluding hydrogens is 165 g/mol. The molecule has 0 saturated heterocycles. The molecule has 0 aliphatic heterocycles. The Morgan fingerprint density at radius 2 is 1.30 bits per heavy atom. The fourth-order valence-corrected chi connectivity index (χ4v) is 0. The topological polar surface area (TPSA) is 20.2 Å². The van der Waals surface area contributed by atoms with Crippen LogP contribution in [0.3, 0.4) is 0 Å². The van der Waals surface area contributed by atoms with Gasteiger partial charge in [0.25, 0.3) is 0 Å². The molecule has 8 heteroatoms. The van der Waals surface area contributed by atoms with Crippen molar-refractivity contribution in [1.82, 2.24) is 0 Å². The molecule has 0 atom stereocenters. The van der Waals surface area contributed by atoms with Crippen LogP contribution in [0.5, 0.6) is 0 Å². The quantitative estimate of drug-likeness (QED) is 0.463. The van der Waals surface area contributed by atoms with Crippen LogP contribution in [0.25, 0.3) is 0 Å². The number of rotatable bonds is 1. The van der Waals surface area contributed by atoms with Crippen LogP contribution in [0.1, 0.15) is 0 Å². The van der Waals surface area contributed by atoms with Crippen LogP contribution in [0.15, 0.2) is 0 Å². The zero-order chi connectivity index (χ0) is 8.78. The van der Waals surface area contributed by atoms with Crippen molar-refractivity contribution >= 4 is 7.54 Å². The lowest BCUT2D eigenvalue weighted by Gasteiger charge is -1.97. The molecule has 1 N–H and O–H groups in total. The Morgan fingerprint density at radius 1 is 1.20 bits per heavy atom. The van der Waals surface area contributed by atoms with E-state index >= 15 is 0 Å². The highest BCUT2D eigenvalue weighted by Gasteiger charge is 2.22. The second-order valence-electron chi connectivity index (χ2n) is 1.05. The number of halogens is 6. The van der Waals surface area contributed by atoms with Crippen LogP contribution >= 0.6 is 0 Å². The first-order valence-electron chi connectivity index (χ1n) is 1.88. The minimum absolute atomic E-state index is 2.01. The summed E-state index contributed by atoms with van der Waals surface area (Å²) in [5.41, 5.74) is 0. The van der Waals surface area contributed by atoms with Crippen LogP contribution < -0.4 is 0 Å². The fraction of sp³-hybridized carbons (Fsp3) is 1.00. The van der Waals surface area contributed by atoms with Gasteiger partial charge in [0.15, 0.2) is 6.67 Å². The smallest absolute Gasteiger partial charge is 0.334 e. The molecule has 0 unspecified atom stereocenters. The van der Waals surface area contributed by atoms with Crippen LogP contribution in [0, 0.1) is 0 Å². The molecule has 0 rings (SSSR count). The Bertz CT molecular complexity index is 67.9. The first-order valence-corrected chi connectivity index (χ1v) is 1.88. The molecule has 62 valence electrons. The van der Waals surface area contributed by atoms with Gasteiger partial charge in [-0.25, -0.2) is 4.39 Å². The van der Waals surface area contributed by atoms with Crippen molar-refractivity contribution in [2.75, 3.05) is 6.67 Å². The van der Waals surface area contributed by atoms with Gasteiger partial charge >= 0.3 is 13.7 Å². The maximum Gasteiger partial charge on any atom is 0.762 e. The molecule has 0 radical (unpaired) electrons. The molecule has 0 aromatic carbocycles. The molecule has 0 saturated carbocycles. The third kappa shape index (κ3) is 48.9. The third-order valence-electron chi connectivity index (χ3n) is 0.161. The Balaban J connectivity index is 0. The molecule has 0 aliphatic carbocycles. The Morgan fingerprint density at radius 3 is 1.30 bits per heavy atom. The second-order valence-corrected chi connectivity index (χ2v) is 1.05. The third-order valence-corrected chi connectivity index (χ3v) is 0.161. The zero-order valence-corrected chi connectivity index (χ0v) is 4.50. The summed E-state index contributed by atoms with van der Waals surface area (Å²) < 4.78 is 60.8. The summed E-state index contributed by atoms with van der Waals surface area (Å²) in [7, 11) is -3.67. The van der Waals surface area contributed by atoms with Gasteiger partial charge in [-0.3, -0.25) is 12.9 Å². The van der Waals surface area contributed by atoms with Crippen LogP contribution in [-0.4, -0.2) is 25.4 Å². The predicted molar refractivity (Wildman–Crippen MR) is 22.2 cm³/mol. The minimum Gasteiger partial charge on any atom is -0.334 e. The average Bonchev–Trinajstić information content (AvgIpc) is 1.63. The Labute approximate surface area is 52.9 Å². The number of alkyl halides is 3. The SMILES string of the molecule is FB(F)F.OC(F)(F)CF. The van der Waals surface area contributed by atoms with E-state index in [0.717, 1.165) is 0 Å². The van der Waals surface area contributed by atoms with Gasteiger partial charge in [0.1, 0.15) is 0 Å². The van der Waals surface area contributed by atoms with E-state index in [1.54, 1.807) is 0 Å². The van der Waals surface area contributed by atoms with Gasteiger partial charge in [0.2, 0.25) is 0 Å². The molecule has 0 heterocycles. The summed E-state index contributed by atoms with van der Waals surface area (Å²) in [4.78, 5) is 0. The summed E-state index contributed by atoms with van der Waals surface area (Å²) in [5.74, 6) is 0. The van der Waals surface area contributed by atoms with Crippen LogP contribution in [0.4, 0.5) is 26.1 Å². The van der Waals surface area contributed by atoms with Crippen molar-refractivity contribution in [3.8, 4) is 0 Å². The molecule has 0 bridgehead atoms. The van der Waals surface area contributed by atoms with E-state index < -0.39 is 20.3 Å². The lowest BCUT2D eigenvalue weighted by Crippen LogP contribution is -2.15. The second kappa shape index (κ2) is 5.39. The van der Waals surface area contributed by atoms with E-state index in [2.05, 4.69) is 0 Å². The molecule has 0 amide bonds. The van der Waals surface area contributed by atoms with Gasteiger partial charge in [0, 0.05) is 0 Å².